The molecule has 88 valence electrons. The summed E-state index contributed by atoms with van der Waals surface area (Å²) >= 11 is 0. The molecule has 0 saturated heterocycles. The molecule has 1 aromatic carbocycles. The zero-order chi connectivity index (χ0) is 11.7. The van der Waals surface area contributed by atoms with E-state index in [0.29, 0.717) is 0 Å². The maximum atomic E-state index is 6.38. The van der Waals surface area contributed by atoms with E-state index in [2.05, 4.69) is 40.3 Å². The molecule has 1 aromatic heterocycles. The number of nitrogens with zero attached hydrogens (tertiary/aromatic N) is 1. The lowest BCUT2D eigenvalue weighted by Gasteiger charge is -2.23. The van der Waals surface area contributed by atoms with Crippen molar-refractivity contribution in [3.8, 4) is 0 Å². The largest absolute Gasteiger partial charge is 0.349 e. The van der Waals surface area contributed by atoms with Crippen LogP contribution in [0.25, 0.3) is 0 Å². The van der Waals surface area contributed by atoms with Gasteiger partial charge in [-0.3, -0.25) is 0 Å². The third-order valence-corrected chi connectivity index (χ3v) is 3.82. The zero-order valence-corrected chi connectivity index (χ0v) is 9.76. The number of hydrogen-bond donors (Lipinski definition) is 2. The van der Waals surface area contributed by atoms with E-state index in [1.807, 2.05) is 6.20 Å². The van der Waals surface area contributed by atoms with E-state index in [4.69, 9.17) is 5.73 Å². The summed E-state index contributed by atoms with van der Waals surface area (Å²) in [6.45, 7) is 0. The van der Waals surface area contributed by atoms with Crippen molar-refractivity contribution >= 4 is 0 Å². The lowest BCUT2D eigenvalue weighted by Crippen LogP contribution is -2.37. The molecule has 1 fully saturated rings. The maximum Gasteiger partial charge on any atom is 0.107 e. The van der Waals surface area contributed by atoms with Crippen LogP contribution in [0.1, 0.15) is 24.2 Å². The van der Waals surface area contributed by atoms with Crippen molar-refractivity contribution in [3.63, 3.8) is 0 Å². The second kappa shape index (κ2) is 4.00. The Balaban J connectivity index is 1.80. The molecule has 17 heavy (non-hydrogen) atoms. The summed E-state index contributed by atoms with van der Waals surface area (Å²) in [5, 5.41) is 0. The molecule has 0 bridgehead atoms. The molecule has 1 atom stereocenters. The van der Waals surface area contributed by atoms with Crippen LogP contribution in [0, 0.1) is 0 Å². The van der Waals surface area contributed by atoms with Gasteiger partial charge < -0.3 is 10.7 Å². The first-order valence-electron chi connectivity index (χ1n) is 6.11. The number of benzene rings is 1. The quantitative estimate of drug-likeness (QED) is 0.839. The highest BCUT2D eigenvalue weighted by Gasteiger charge is 2.49. The highest BCUT2D eigenvalue weighted by molar-refractivity contribution is 5.34. The Morgan fingerprint density at radius 1 is 1.29 bits per heavy atom. The van der Waals surface area contributed by atoms with Crippen LogP contribution in [0.5, 0.6) is 0 Å². The number of H-pyrrole nitrogens is 1. The van der Waals surface area contributed by atoms with Gasteiger partial charge in [-0.1, -0.05) is 30.3 Å². The predicted molar refractivity (Wildman–Crippen MR) is 67.6 cm³/mol. The van der Waals surface area contributed by atoms with E-state index in [9.17, 15) is 0 Å². The summed E-state index contributed by atoms with van der Waals surface area (Å²) < 4.78 is 0. The highest BCUT2D eigenvalue weighted by atomic mass is 14.9. The van der Waals surface area contributed by atoms with E-state index in [-0.39, 0.29) is 11.5 Å². The van der Waals surface area contributed by atoms with Crippen molar-refractivity contribution in [2.45, 2.75) is 30.7 Å². The molecule has 2 aromatic rings. The average molecular weight is 227 g/mol. The third kappa shape index (κ3) is 1.87. The molecule has 0 spiro atoms. The standard InChI is InChI=1S/C14H17N3/c15-12(10-13-16-8-9-17-13)14(6-7-14)11-4-2-1-3-5-11/h1-5,8-9,12H,6-7,10,15H2,(H,16,17). The second-order valence-electron chi connectivity index (χ2n) is 4.87. The second-order valence-corrected chi connectivity index (χ2v) is 4.87. The molecule has 0 aliphatic heterocycles. The molecule has 0 radical (unpaired) electrons. The Labute approximate surface area is 101 Å². The molecule has 1 aliphatic rings. The summed E-state index contributed by atoms with van der Waals surface area (Å²) in [5.74, 6) is 0.986. The van der Waals surface area contributed by atoms with Gasteiger partial charge in [0.1, 0.15) is 5.82 Å². The smallest absolute Gasteiger partial charge is 0.107 e. The average Bonchev–Trinajstić information content (AvgIpc) is 3.04. The van der Waals surface area contributed by atoms with E-state index in [1.165, 1.54) is 18.4 Å². The van der Waals surface area contributed by atoms with Gasteiger partial charge in [0.2, 0.25) is 0 Å². The fraction of sp³-hybridized carbons (Fsp3) is 0.357. The van der Waals surface area contributed by atoms with Crippen LogP contribution in [-0.2, 0) is 11.8 Å². The first kappa shape index (κ1) is 10.5. The molecule has 3 nitrogen and oxygen atoms in total. The number of rotatable bonds is 4. The first-order chi connectivity index (χ1) is 8.31. The van der Waals surface area contributed by atoms with Crippen molar-refractivity contribution < 1.29 is 0 Å². The van der Waals surface area contributed by atoms with Gasteiger partial charge in [-0.15, -0.1) is 0 Å². The molecule has 3 rings (SSSR count). The minimum atomic E-state index is 0.149. The zero-order valence-electron chi connectivity index (χ0n) is 9.76. The van der Waals surface area contributed by atoms with Crippen LogP contribution in [-0.4, -0.2) is 16.0 Å². The highest BCUT2D eigenvalue weighted by Crippen LogP contribution is 2.50. The normalized spacial score (nSPS) is 18.9. The summed E-state index contributed by atoms with van der Waals surface area (Å²) in [7, 11) is 0. The number of aromatic nitrogens is 2. The molecule has 3 N–H and O–H groups in total. The Bertz CT molecular complexity index is 471. The summed E-state index contributed by atoms with van der Waals surface area (Å²) in [6, 6.07) is 10.8. The first-order valence-corrected chi connectivity index (χ1v) is 6.11. The van der Waals surface area contributed by atoms with Crippen molar-refractivity contribution in [2.75, 3.05) is 0 Å². The van der Waals surface area contributed by atoms with Crippen molar-refractivity contribution in [1.82, 2.24) is 9.97 Å². The van der Waals surface area contributed by atoms with Gasteiger partial charge in [0.25, 0.3) is 0 Å². The number of nitrogens with one attached hydrogen (secondary N) is 1. The van der Waals surface area contributed by atoms with Crippen LogP contribution < -0.4 is 5.73 Å². The van der Waals surface area contributed by atoms with Gasteiger partial charge in [-0.2, -0.15) is 0 Å². The molecule has 1 aliphatic carbocycles. The predicted octanol–water partition coefficient (Wildman–Crippen LogP) is 2.01. The van der Waals surface area contributed by atoms with Crippen molar-refractivity contribution in [3.05, 3.63) is 54.1 Å². The summed E-state index contributed by atoms with van der Waals surface area (Å²) in [5.41, 5.74) is 7.94. The van der Waals surface area contributed by atoms with E-state index < -0.39 is 0 Å². The van der Waals surface area contributed by atoms with Crippen LogP contribution in [0.4, 0.5) is 0 Å². The van der Waals surface area contributed by atoms with Crippen LogP contribution in [0.3, 0.4) is 0 Å². The number of nitrogens with two attached hydrogens (primary N) is 1. The molecule has 1 unspecified atom stereocenters. The molecule has 1 heterocycles. The number of imidazole rings is 1. The molecule has 0 amide bonds. The van der Waals surface area contributed by atoms with Gasteiger partial charge in [0, 0.05) is 30.3 Å². The van der Waals surface area contributed by atoms with Crippen molar-refractivity contribution in [1.29, 1.82) is 0 Å². The van der Waals surface area contributed by atoms with Crippen LogP contribution >= 0.6 is 0 Å². The molecular formula is C14H17N3. The van der Waals surface area contributed by atoms with Gasteiger partial charge >= 0.3 is 0 Å². The fourth-order valence-electron chi connectivity index (χ4n) is 2.59. The summed E-state index contributed by atoms with van der Waals surface area (Å²) in [4.78, 5) is 7.38. The molecule has 3 heteroatoms. The van der Waals surface area contributed by atoms with Crippen molar-refractivity contribution in [2.24, 2.45) is 5.73 Å². The Hall–Kier alpha value is -1.61. The van der Waals surface area contributed by atoms with Gasteiger partial charge in [0.15, 0.2) is 0 Å². The van der Waals surface area contributed by atoms with Gasteiger partial charge in [-0.05, 0) is 18.4 Å². The number of hydrogen-bond acceptors (Lipinski definition) is 2. The topological polar surface area (TPSA) is 54.7 Å². The van der Waals surface area contributed by atoms with E-state index in [1.54, 1.807) is 6.20 Å². The molecular weight excluding hydrogens is 210 g/mol. The van der Waals surface area contributed by atoms with Gasteiger partial charge in [-0.25, -0.2) is 4.98 Å². The van der Waals surface area contributed by atoms with E-state index in [0.717, 1.165) is 12.2 Å². The monoisotopic (exact) mass is 227 g/mol. The van der Waals surface area contributed by atoms with E-state index >= 15 is 0 Å². The maximum absolute atomic E-state index is 6.38. The fourth-order valence-corrected chi connectivity index (χ4v) is 2.59. The Kier molecular flexibility index (Phi) is 2.48. The molecule has 1 saturated carbocycles. The summed E-state index contributed by atoms with van der Waals surface area (Å²) in [6.07, 6.45) is 6.84. The Morgan fingerprint density at radius 2 is 2.06 bits per heavy atom. The SMILES string of the molecule is NC(Cc1ncc[nH]1)C1(c2ccccc2)CC1. The lowest BCUT2D eigenvalue weighted by atomic mass is 9.86. The Morgan fingerprint density at radius 3 is 2.65 bits per heavy atom. The minimum absolute atomic E-state index is 0.149. The third-order valence-electron chi connectivity index (χ3n) is 3.82. The lowest BCUT2D eigenvalue weighted by molar-refractivity contribution is 0.505. The van der Waals surface area contributed by atoms with Crippen LogP contribution in [0.2, 0.25) is 0 Å². The van der Waals surface area contributed by atoms with Crippen LogP contribution in [0.15, 0.2) is 42.7 Å². The minimum Gasteiger partial charge on any atom is -0.349 e. The number of aromatic amines is 1. The van der Waals surface area contributed by atoms with Gasteiger partial charge in [0.05, 0.1) is 0 Å².